The van der Waals surface area contributed by atoms with Crippen molar-refractivity contribution >= 4 is 17.5 Å². The summed E-state index contributed by atoms with van der Waals surface area (Å²) in [6, 6.07) is 9.64. The zero-order chi connectivity index (χ0) is 20.0. The molecule has 27 heavy (non-hydrogen) atoms. The maximum absolute atomic E-state index is 12.5. The lowest BCUT2D eigenvalue weighted by molar-refractivity contribution is -0.127. The minimum atomic E-state index is -2.97. The topological polar surface area (TPSA) is 56.8 Å². The minimum Gasteiger partial charge on any atom is -0.493 e. The minimum absolute atomic E-state index is 0.0969. The molecule has 0 radical (unpaired) electrons. The van der Waals surface area contributed by atoms with Crippen LogP contribution in [0.25, 0.3) is 0 Å². The van der Waals surface area contributed by atoms with Crippen LogP contribution in [0.15, 0.2) is 36.4 Å². The molecule has 2 aromatic carbocycles. The van der Waals surface area contributed by atoms with Crippen molar-refractivity contribution in [2.24, 2.45) is 0 Å². The van der Waals surface area contributed by atoms with Gasteiger partial charge in [-0.2, -0.15) is 8.78 Å². The lowest BCUT2D eigenvalue weighted by Gasteiger charge is -2.17. The van der Waals surface area contributed by atoms with E-state index in [-0.39, 0.29) is 24.0 Å². The van der Waals surface area contributed by atoms with Crippen LogP contribution in [0, 0.1) is 6.92 Å². The van der Waals surface area contributed by atoms with Crippen LogP contribution in [0.2, 0.25) is 5.02 Å². The molecule has 0 aliphatic heterocycles. The number of amides is 1. The quantitative estimate of drug-likeness (QED) is 0.717. The summed E-state index contributed by atoms with van der Waals surface area (Å²) in [7, 11) is 1.35. The van der Waals surface area contributed by atoms with E-state index in [0.717, 1.165) is 5.56 Å². The van der Waals surface area contributed by atoms with Gasteiger partial charge >= 0.3 is 6.61 Å². The summed E-state index contributed by atoms with van der Waals surface area (Å²) in [5.41, 5.74) is 1.39. The van der Waals surface area contributed by atoms with Crippen molar-refractivity contribution in [1.29, 1.82) is 0 Å². The number of aryl methyl sites for hydroxylation is 1. The first-order valence-corrected chi connectivity index (χ1v) is 8.50. The number of alkyl halides is 2. The van der Waals surface area contributed by atoms with Crippen molar-refractivity contribution in [2.75, 3.05) is 7.11 Å². The Kier molecular flexibility index (Phi) is 7.24. The third-order valence-electron chi connectivity index (χ3n) is 3.72. The summed E-state index contributed by atoms with van der Waals surface area (Å²) in [6.45, 7) is 0.589. The standard InChI is InChI=1S/C19H20ClF2NO4/c1-11-8-14(20)5-7-15(11)26-12(2)18(24)23-10-13-4-6-16(25-3)17(9-13)27-19(21)22/h4-9,12,19H,10H2,1-3H3,(H,23,24). The Bertz CT molecular complexity index is 801. The zero-order valence-electron chi connectivity index (χ0n) is 15.1. The number of methoxy groups -OCH3 is 1. The van der Waals surface area contributed by atoms with Crippen LogP contribution in [-0.2, 0) is 11.3 Å². The Labute approximate surface area is 161 Å². The monoisotopic (exact) mass is 399 g/mol. The summed E-state index contributed by atoms with van der Waals surface area (Å²) in [5, 5.41) is 3.28. The second-order valence-electron chi connectivity index (χ2n) is 5.75. The van der Waals surface area contributed by atoms with Gasteiger partial charge in [-0.1, -0.05) is 17.7 Å². The predicted octanol–water partition coefficient (Wildman–Crippen LogP) is 4.34. The number of hydrogen-bond donors (Lipinski definition) is 1. The third kappa shape index (κ3) is 5.99. The SMILES string of the molecule is COc1ccc(CNC(=O)C(C)Oc2ccc(Cl)cc2C)cc1OC(F)F. The molecule has 1 amide bonds. The first kappa shape index (κ1) is 20.8. The highest BCUT2D eigenvalue weighted by Gasteiger charge is 2.16. The summed E-state index contributed by atoms with van der Waals surface area (Å²) in [5.74, 6) is 0.288. The van der Waals surface area contributed by atoms with Crippen LogP contribution in [-0.4, -0.2) is 25.7 Å². The smallest absolute Gasteiger partial charge is 0.387 e. The molecule has 0 fully saturated rings. The van der Waals surface area contributed by atoms with E-state index in [4.69, 9.17) is 21.1 Å². The van der Waals surface area contributed by atoms with Crippen molar-refractivity contribution < 1.29 is 27.8 Å². The Hall–Kier alpha value is -2.54. The fraction of sp³-hybridized carbons (Fsp3) is 0.316. The highest BCUT2D eigenvalue weighted by Crippen LogP contribution is 2.29. The average molecular weight is 400 g/mol. The van der Waals surface area contributed by atoms with Gasteiger partial charge in [0.15, 0.2) is 17.6 Å². The fourth-order valence-electron chi connectivity index (χ4n) is 2.34. The van der Waals surface area contributed by atoms with Gasteiger partial charge < -0.3 is 19.5 Å². The van der Waals surface area contributed by atoms with E-state index in [0.29, 0.717) is 16.3 Å². The second kappa shape index (κ2) is 9.41. The fourth-order valence-corrected chi connectivity index (χ4v) is 2.57. The summed E-state index contributed by atoms with van der Waals surface area (Å²) in [4.78, 5) is 12.2. The molecule has 0 heterocycles. The van der Waals surface area contributed by atoms with Gasteiger partial charge in [0.05, 0.1) is 7.11 Å². The van der Waals surface area contributed by atoms with Crippen molar-refractivity contribution in [3.8, 4) is 17.2 Å². The van der Waals surface area contributed by atoms with Crippen molar-refractivity contribution in [3.05, 3.63) is 52.5 Å². The maximum atomic E-state index is 12.5. The second-order valence-corrected chi connectivity index (χ2v) is 6.19. The molecule has 0 saturated heterocycles. The lowest BCUT2D eigenvalue weighted by atomic mass is 10.2. The molecule has 1 N–H and O–H groups in total. The molecule has 0 bridgehead atoms. The molecule has 2 rings (SSSR count). The van der Waals surface area contributed by atoms with Gasteiger partial charge in [0, 0.05) is 11.6 Å². The molecule has 5 nitrogen and oxygen atoms in total. The van der Waals surface area contributed by atoms with Gasteiger partial charge in [-0.25, -0.2) is 0 Å². The molecule has 1 atom stereocenters. The summed E-state index contributed by atoms with van der Waals surface area (Å²) in [6.07, 6.45) is -0.750. The van der Waals surface area contributed by atoms with E-state index >= 15 is 0 Å². The van der Waals surface area contributed by atoms with Crippen LogP contribution in [0.1, 0.15) is 18.1 Å². The average Bonchev–Trinajstić information content (AvgIpc) is 2.61. The van der Waals surface area contributed by atoms with E-state index in [1.54, 1.807) is 31.2 Å². The molecule has 0 aromatic heterocycles. The molecule has 0 spiro atoms. The van der Waals surface area contributed by atoms with Crippen LogP contribution < -0.4 is 19.5 Å². The Morgan fingerprint density at radius 3 is 2.44 bits per heavy atom. The summed E-state index contributed by atoms with van der Waals surface area (Å²) < 4.78 is 40.0. The van der Waals surface area contributed by atoms with Gasteiger partial charge in [0.25, 0.3) is 5.91 Å². The first-order valence-electron chi connectivity index (χ1n) is 8.12. The van der Waals surface area contributed by atoms with E-state index in [1.165, 1.54) is 19.2 Å². The molecule has 2 aromatic rings. The zero-order valence-corrected chi connectivity index (χ0v) is 15.8. The molecule has 1 unspecified atom stereocenters. The normalized spacial score (nSPS) is 11.8. The molecule has 146 valence electrons. The molecule has 8 heteroatoms. The number of halogens is 3. The molecular weight excluding hydrogens is 380 g/mol. The van der Waals surface area contributed by atoms with Crippen LogP contribution in [0.5, 0.6) is 17.2 Å². The number of carbonyl (C=O) groups is 1. The Morgan fingerprint density at radius 1 is 1.11 bits per heavy atom. The Balaban J connectivity index is 1.97. The molecule has 0 aliphatic rings. The number of benzene rings is 2. The van der Waals surface area contributed by atoms with Crippen LogP contribution in [0.4, 0.5) is 8.78 Å². The van der Waals surface area contributed by atoms with Gasteiger partial charge in [0.2, 0.25) is 0 Å². The van der Waals surface area contributed by atoms with Crippen LogP contribution in [0.3, 0.4) is 0 Å². The highest BCUT2D eigenvalue weighted by molar-refractivity contribution is 6.30. The number of hydrogen-bond acceptors (Lipinski definition) is 4. The van der Waals surface area contributed by atoms with E-state index in [9.17, 15) is 13.6 Å². The number of carbonyl (C=O) groups excluding carboxylic acids is 1. The van der Waals surface area contributed by atoms with Crippen molar-refractivity contribution in [2.45, 2.75) is 33.1 Å². The van der Waals surface area contributed by atoms with Crippen LogP contribution >= 0.6 is 11.6 Å². The maximum Gasteiger partial charge on any atom is 0.387 e. The van der Waals surface area contributed by atoms with Crippen molar-refractivity contribution in [1.82, 2.24) is 5.32 Å². The molecular formula is C19H20ClF2NO4. The van der Waals surface area contributed by atoms with E-state index in [2.05, 4.69) is 10.1 Å². The molecule has 0 aliphatic carbocycles. The molecule has 0 saturated carbocycles. The Morgan fingerprint density at radius 2 is 1.81 bits per heavy atom. The number of ether oxygens (including phenoxy) is 3. The lowest BCUT2D eigenvalue weighted by Crippen LogP contribution is -2.36. The van der Waals surface area contributed by atoms with Gasteiger partial charge in [0.1, 0.15) is 5.75 Å². The van der Waals surface area contributed by atoms with Gasteiger partial charge in [-0.05, 0) is 55.3 Å². The van der Waals surface area contributed by atoms with E-state index < -0.39 is 12.7 Å². The predicted molar refractivity (Wildman–Crippen MR) is 97.8 cm³/mol. The largest absolute Gasteiger partial charge is 0.493 e. The highest BCUT2D eigenvalue weighted by atomic mass is 35.5. The first-order chi connectivity index (χ1) is 12.8. The number of nitrogens with one attached hydrogen (secondary N) is 1. The van der Waals surface area contributed by atoms with Gasteiger partial charge in [-0.3, -0.25) is 4.79 Å². The van der Waals surface area contributed by atoms with Crippen molar-refractivity contribution in [3.63, 3.8) is 0 Å². The number of rotatable bonds is 8. The van der Waals surface area contributed by atoms with E-state index in [1.807, 2.05) is 6.92 Å². The van der Waals surface area contributed by atoms with Gasteiger partial charge in [-0.15, -0.1) is 0 Å². The third-order valence-corrected chi connectivity index (χ3v) is 3.96. The summed E-state index contributed by atoms with van der Waals surface area (Å²) >= 11 is 5.90.